The summed E-state index contributed by atoms with van der Waals surface area (Å²) in [5.74, 6) is -1.06. The molecule has 3 aromatic heterocycles. The highest BCUT2D eigenvalue weighted by Gasteiger charge is 2.26. The van der Waals surface area contributed by atoms with Crippen LogP contribution in [0.4, 0.5) is 14.5 Å². The van der Waals surface area contributed by atoms with Crippen LogP contribution in [0, 0.1) is 11.6 Å². The van der Waals surface area contributed by atoms with Crippen molar-refractivity contribution in [3.63, 3.8) is 0 Å². The van der Waals surface area contributed by atoms with E-state index < -0.39 is 27.6 Å². The second-order valence-electron chi connectivity index (χ2n) is 9.56. The van der Waals surface area contributed by atoms with E-state index in [4.69, 9.17) is 8.83 Å². The van der Waals surface area contributed by atoms with Crippen LogP contribution in [-0.2, 0) is 10.0 Å². The van der Waals surface area contributed by atoms with E-state index in [-0.39, 0.29) is 39.7 Å². The van der Waals surface area contributed by atoms with E-state index in [9.17, 15) is 22.0 Å². The molecule has 1 N–H and O–H groups in total. The molecule has 0 fully saturated rings. The number of pyridine rings is 1. The third kappa shape index (κ3) is 4.75. The van der Waals surface area contributed by atoms with Crippen molar-refractivity contribution < 1.29 is 30.8 Å². The molecular weight excluding hydrogens is 566 g/mol. The lowest BCUT2D eigenvalue weighted by Crippen LogP contribution is -2.25. The summed E-state index contributed by atoms with van der Waals surface area (Å²) in [6.45, 7) is 0. The third-order valence-corrected chi connectivity index (χ3v) is 8.03. The summed E-state index contributed by atoms with van der Waals surface area (Å²) in [5, 5.41) is 3.03. The molecule has 0 radical (unpaired) electrons. The summed E-state index contributed by atoms with van der Waals surface area (Å²) in [6.07, 6.45) is 2.12. The van der Waals surface area contributed by atoms with Gasteiger partial charge in [-0.15, -0.1) is 0 Å². The number of fused-ring (bicyclic) bond motifs is 2. The highest BCUT2D eigenvalue weighted by atomic mass is 32.2. The number of amides is 1. The van der Waals surface area contributed by atoms with Crippen molar-refractivity contribution in [3.8, 4) is 33.9 Å². The SMILES string of the molecule is CNC(=O)c1c(-c2ccc(F)cc2)oc2cc(N(C)S(C)(=O)=O)c(-c3cccc(-c4nc5ncc(F)cc5o4)c3)cc12. The van der Waals surface area contributed by atoms with Crippen LogP contribution in [0.25, 0.3) is 56.1 Å². The maximum atomic E-state index is 13.7. The van der Waals surface area contributed by atoms with E-state index >= 15 is 0 Å². The molecule has 42 heavy (non-hydrogen) atoms. The number of carbonyl (C=O) groups excluding carboxylic acids is 1. The van der Waals surface area contributed by atoms with Crippen LogP contribution >= 0.6 is 0 Å². The number of carbonyl (C=O) groups is 1. The van der Waals surface area contributed by atoms with Crippen molar-refractivity contribution in [3.05, 3.63) is 90.1 Å². The molecule has 12 heteroatoms. The summed E-state index contributed by atoms with van der Waals surface area (Å²) >= 11 is 0. The van der Waals surface area contributed by atoms with Crippen LogP contribution in [-0.4, -0.2) is 44.6 Å². The van der Waals surface area contributed by atoms with E-state index in [1.807, 2.05) is 0 Å². The third-order valence-electron chi connectivity index (χ3n) is 6.84. The summed E-state index contributed by atoms with van der Waals surface area (Å²) in [6, 6.07) is 16.9. The number of hydrogen-bond acceptors (Lipinski definition) is 7. The summed E-state index contributed by atoms with van der Waals surface area (Å²) in [5.41, 5.74) is 3.20. The first-order valence-electron chi connectivity index (χ1n) is 12.6. The number of nitrogens with one attached hydrogen (secondary N) is 1. The molecule has 0 unspecified atom stereocenters. The van der Waals surface area contributed by atoms with Gasteiger partial charge in [0, 0.05) is 48.3 Å². The van der Waals surface area contributed by atoms with Gasteiger partial charge in [0.05, 0.1) is 23.7 Å². The molecule has 3 aromatic carbocycles. The lowest BCUT2D eigenvalue weighted by Gasteiger charge is -2.21. The van der Waals surface area contributed by atoms with Crippen molar-refractivity contribution in [1.29, 1.82) is 0 Å². The maximum absolute atomic E-state index is 13.7. The molecule has 0 aliphatic rings. The quantitative estimate of drug-likeness (QED) is 0.253. The zero-order valence-corrected chi connectivity index (χ0v) is 23.3. The fourth-order valence-electron chi connectivity index (χ4n) is 4.70. The number of hydrogen-bond donors (Lipinski definition) is 1. The second kappa shape index (κ2) is 10.1. The van der Waals surface area contributed by atoms with Crippen molar-refractivity contribution in [2.24, 2.45) is 0 Å². The Kier molecular flexibility index (Phi) is 6.49. The highest BCUT2D eigenvalue weighted by Crippen LogP contribution is 2.42. The second-order valence-corrected chi connectivity index (χ2v) is 11.6. The minimum Gasteiger partial charge on any atom is -0.455 e. The lowest BCUT2D eigenvalue weighted by atomic mass is 9.97. The van der Waals surface area contributed by atoms with E-state index in [0.717, 1.165) is 16.8 Å². The Morgan fingerprint density at radius 2 is 1.64 bits per heavy atom. The minimum absolute atomic E-state index is 0.177. The number of anilines is 1. The number of aromatic nitrogens is 2. The summed E-state index contributed by atoms with van der Waals surface area (Å²) in [4.78, 5) is 21.4. The minimum atomic E-state index is -3.72. The Balaban J connectivity index is 1.60. The molecule has 3 heterocycles. The molecule has 9 nitrogen and oxygen atoms in total. The predicted octanol–water partition coefficient (Wildman–Crippen LogP) is 6.00. The van der Waals surface area contributed by atoms with Gasteiger partial charge in [0.1, 0.15) is 23.0 Å². The molecule has 0 saturated heterocycles. The molecule has 0 spiro atoms. The largest absolute Gasteiger partial charge is 0.455 e. The smallest absolute Gasteiger partial charge is 0.255 e. The van der Waals surface area contributed by atoms with E-state index in [2.05, 4.69) is 15.3 Å². The van der Waals surface area contributed by atoms with Crippen LogP contribution in [0.2, 0.25) is 0 Å². The van der Waals surface area contributed by atoms with Gasteiger partial charge in [-0.2, -0.15) is 4.98 Å². The van der Waals surface area contributed by atoms with Gasteiger partial charge in [-0.25, -0.2) is 22.2 Å². The standard InChI is InChI=1S/C30H22F2N4O5S/c1-33-29(37)26-22-13-21(17-5-4-6-18(11-17)30-35-28-25(41-30)12-20(32)15-34-28)23(36(2)42(3,38)39)14-24(22)40-27(26)16-7-9-19(31)10-8-16/h4-15H,1-3H3,(H,33,37). The van der Waals surface area contributed by atoms with Crippen LogP contribution in [0.5, 0.6) is 0 Å². The average Bonchev–Trinajstić information content (AvgIpc) is 3.56. The van der Waals surface area contributed by atoms with E-state index in [0.29, 0.717) is 27.6 Å². The van der Waals surface area contributed by atoms with Gasteiger partial charge in [-0.1, -0.05) is 12.1 Å². The highest BCUT2D eigenvalue weighted by molar-refractivity contribution is 7.92. The van der Waals surface area contributed by atoms with Gasteiger partial charge in [0.15, 0.2) is 11.2 Å². The molecule has 6 rings (SSSR count). The Morgan fingerprint density at radius 3 is 2.36 bits per heavy atom. The lowest BCUT2D eigenvalue weighted by molar-refractivity contribution is 0.0964. The van der Waals surface area contributed by atoms with Crippen LogP contribution in [0.1, 0.15) is 10.4 Å². The molecule has 1 amide bonds. The number of furan rings is 1. The molecule has 6 aromatic rings. The van der Waals surface area contributed by atoms with Gasteiger partial charge in [-0.05, 0) is 48.0 Å². The first-order chi connectivity index (χ1) is 20.0. The average molecular weight is 589 g/mol. The van der Waals surface area contributed by atoms with Gasteiger partial charge in [0.2, 0.25) is 15.9 Å². The molecule has 0 bridgehead atoms. The van der Waals surface area contributed by atoms with Crippen molar-refractivity contribution in [2.75, 3.05) is 24.7 Å². The topological polar surface area (TPSA) is 119 Å². The van der Waals surface area contributed by atoms with Gasteiger partial charge in [0.25, 0.3) is 5.91 Å². The Labute approximate surface area is 238 Å². The number of sulfonamides is 1. The molecule has 0 aliphatic carbocycles. The summed E-state index contributed by atoms with van der Waals surface area (Å²) in [7, 11) is -0.834. The molecule has 0 aliphatic heterocycles. The normalized spacial score (nSPS) is 11.7. The van der Waals surface area contributed by atoms with Crippen molar-refractivity contribution in [1.82, 2.24) is 15.3 Å². The Morgan fingerprint density at radius 1 is 0.905 bits per heavy atom. The van der Waals surface area contributed by atoms with Gasteiger partial charge < -0.3 is 14.2 Å². The van der Waals surface area contributed by atoms with E-state index in [1.165, 1.54) is 44.4 Å². The van der Waals surface area contributed by atoms with Crippen molar-refractivity contribution in [2.45, 2.75) is 0 Å². The zero-order valence-electron chi connectivity index (χ0n) is 22.5. The molecule has 0 atom stereocenters. The maximum Gasteiger partial charge on any atom is 0.255 e. The summed E-state index contributed by atoms with van der Waals surface area (Å²) < 4.78 is 65.6. The van der Waals surface area contributed by atoms with Gasteiger partial charge >= 0.3 is 0 Å². The van der Waals surface area contributed by atoms with Gasteiger partial charge in [-0.3, -0.25) is 9.10 Å². The molecular formula is C30H22F2N4O5S. The number of oxazole rings is 1. The fourth-order valence-corrected chi connectivity index (χ4v) is 5.20. The monoisotopic (exact) mass is 588 g/mol. The Bertz CT molecular complexity index is 2120. The first kappa shape index (κ1) is 27.1. The van der Waals surface area contributed by atoms with Crippen LogP contribution in [0.3, 0.4) is 0 Å². The van der Waals surface area contributed by atoms with Crippen LogP contribution in [0.15, 0.2) is 81.8 Å². The fraction of sp³-hybridized carbons (Fsp3) is 0.100. The van der Waals surface area contributed by atoms with Crippen molar-refractivity contribution >= 4 is 43.8 Å². The molecule has 0 saturated carbocycles. The number of nitrogens with zero attached hydrogens (tertiary/aromatic N) is 3. The first-order valence-corrected chi connectivity index (χ1v) is 14.4. The Hall–Kier alpha value is -5.10. The number of benzene rings is 3. The number of halogens is 2. The number of rotatable bonds is 6. The van der Waals surface area contributed by atoms with Crippen LogP contribution < -0.4 is 9.62 Å². The molecule has 212 valence electrons. The zero-order chi connectivity index (χ0) is 29.8. The van der Waals surface area contributed by atoms with E-state index in [1.54, 1.807) is 36.4 Å². The predicted molar refractivity (Wildman–Crippen MR) is 154 cm³/mol.